The molecular weight excluding hydrogens is 715 g/mol. The summed E-state index contributed by atoms with van der Waals surface area (Å²) < 4.78 is 10.3. The van der Waals surface area contributed by atoms with Gasteiger partial charge in [0.05, 0.1) is 40.9 Å². The van der Waals surface area contributed by atoms with Crippen molar-refractivity contribution in [3.63, 3.8) is 0 Å². The van der Waals surface area contributed by atoms with E-state index in [9.17, 15) is 0 Å². The van der Waals surface area contributed by atoms with Gasteiger partial charge < -0.3 is 14.0 Å². The van der Waals surface area contributed by atoms with E-state index in [1.807, 2.05) is 34.0 Å². The number of nitrogens with zero attached hydrogens (tertiary/aromatic N) is 3. The molecule has 0 aliphatic rings. The second-order valence-electron chi connectivity index (χ2n) is 13.4. The molecule has 0 aliphatic carbocycles. The van der Waals surface area contributed by atoms with Gasteiger partial charge in [-0.15, -0.1) is 34.0 Å². The molecule has 0 amide bonds. The molecule has 11 rings (SSSR count). The minimum Gasteiger partial charge on any atom is -0.306 e. The first-order valence-electron chi connectivity index (χ1n) is 18.0. The molecule has 0 aliphatic heterocycles. The third-order valence-corrected chi connectivity index (χ3v) is 13.7. The normalized spacial score (nSPS) is 11.7. The SMILES string of the molecule is c1ccc(-c2ccc(-n3c4ccsc4c4sc5c6sc(N(c7ccccc7)c7ccccc7)cc6n(-c6cccc(-c7ccccc7)c6)c5c43)cc2)cc1. The molecule has 5 heterocycles. The minimum absolute atomic E-state index is 1.14. The van der Waals surface area contributed by atoms with Crippen LogP contribution in [0.2, 0.25) is 0 Å². The molecule has 0 unspecified atom stereocenters. The Morgan fingerprint density at radius 3 is 1.56 bits per heavy atom. The molecule has 54 heavy (non-hydrogen) atoms. The molecule has 5 aromatic heterocycles. The van der Waals surface area contributed by atoms with E-state index in [1.165, 1.54) is 73.8 Å². The Hall–Kier alpha value is -6.18. The molecule has 0 N–H and O–H groups in total. The number of para-hydroxylation sites is 2. The van der Waals surface area contributed by atoms with Crippen molar-refractivity contribution in [3.05, 3.63) is 187 Å². The summed E-state index contributed by atoms with van der Waals surface area (Å²) >= 11 is 5.65. The Morgan fingerprint density at radius 1 is 0.370 bits per heavy atom. The summed E-state index contributed by atoms with van der Waals surface area (Å²) in [5.41, 5.74) is 14.5. The number of rotatable bonds is 7. The molecule has 0 saturated carbocycles. The average molecular weight is 746 g/mol. The first-order valence-corrected chi connectivity index (χ1v) is 20.5. The summed E-state index contributed by atoms with van der Waals surface area (Å²) in [5, 5.41) is 3.42. The third kappa shape index (κ3) is 4.99. The summed E-state index contributed by atoms with van der Waals surface area (Å²) in [6.07, 6.45) is 0. The molecular formula is C48H31N3S3. The fourth-order valence-corrected chi connectivity index (χ4v) is 11.4. The van der Waals surface area contributed by atoms with Gasteiger partial charge in [0.1, 0.15) is 5.00 Å². The van der Waals surface area contributed by atoms with Crippen molar-refractivity contribution in [2.45, 2.75) is 0 Å². The van der Waals surface area contributed by atoms with Gasteiger partial charge in [-0.3, -0.25) is 0 Å². The van der Waals surface area contributed by atoms with E-state index in [2.05, 4.69) is 201 Å². The molecule has 0 radical (unpaired) electrons. The average Bonchev–Trinajstić information content (AvgIpc) is 4.06. The number of aromatic nitrogens is 2. The second kappa shape index (κ2) is 12.7. The summed E-state index contributed by atoms with van der Waals surface area (Å²) in [7, 11) is 0. The number of fused-ring (bicyclic) bond motifs is 7. The number of hydrogen-bond donors (Lipinski definition) is 0. The molecule has 0 saturated heterocycles. The quantitative estimate of drug-likeness (QED) is 0.158. The third-order valence-electron chi connectivity index (χ3n) is 10.2. The lowest BCUT2D eigenvalue weighted by Gasteiger charge is -2.23. The number of benzene rings is 6. The second-order valence-corrected chi connectivity index (χ2v) is 16.4. The summed E-state index contributed by atoms with van der Waals surface area (Å²) in [5.74, 6) is 0. The monoisotopic (exact) mass is 745 g/mol. The molecule has 0 atom stereocenters. The van der Waals surface area contributed by atoms with Crippen LogP contribution in [0.4, 0.5) is 16.4 Å². The molecule has 6 heteroatoms. The first-order chi connectivity index (χ1) is 26.8. The summed E-state index contributed by atoms with van der Waals surface area (Å²) in [4.78, 5) is 2.39. The fourth-order valence-electron chi connectivity index (χ4n) is 7.82. The van der Waals surface area contributed by atoms with Gasteiger partial charge in [0.25, 0.3) is 0 Å². The Kier molecular flexibility index (Phi) is 7.40. The van der Waals surface area contributed by atoms with Crippen LogP contribution in [0.25, 0.3) is 74.5 Å². The van der Waals surface area contributed by atoms with Crippen LogP contribution in [0.3, 0.4) is 0 Å². The van der Waals surface area contributed by atoms with Crippen LogP contribution in [0.1, 0.15) is 0 Å². The van der Waals surface area contributed by atoms with Crippen molar-refractivity contribution in [3.8, 4) is 33.6 Å². The number of hydrogen-bond acceptors (Lipinski definition) is 4. The molecule has 0 spiro atoms. The smallest absolute Gasteiger partial charge is 0.103 e. The van der Waals surface area contributed by atoms with E-state index in [0.717, 1.165) is 17.1 Å². The van der Waals surface area contributed by atoms with Crippen molar-refractivity contribution in [1.29, 1.82) is 0 Å². The van der Waals surface area contributed by atoms with Crippen molar-refractivity contribution in [2.24, 2.45) is 0 Å². The highest BCUT2D eigenvalue weighted by Crippen LogP contribution is 2.52. The summed E-state index contributed by atoms with van der Waals surface area (Å²) in [6, 6.07) is 65.6. The van der Waals surface area contributed by atoms with E-state index >= 15 is 0 Å². The molecule has 3 nitrogen and oxygen atoms in total. The van der Waals surface area contributed by atoms with Crippen molar-refractivity contribution in [1.82, 2.24) is 9.13 Å². The lowest BCUT2D eigenvalue weighted by Crippen LogP contribution is -2.07. The molecule has 256 valence electrons. The minimum atomic E-state index is 1.14. The van der Waals surface area contributed by atoms with Crippen molar-refractivity contribution >= 4 is 91.3 Å². The highest BCUT2D eigenvalue weighted by molar-refractivity contribution is 7.34. The van der Waals surface area contributed by atoms with Gasteiger partial charge in [-0.05, 0) is 88.3 Å². The van der Waals surface area contributed by atoms with Crippen LogP contribution in [-0.4, -0.2) is 9.13 Å². The van der Waals surface area contributed by atoms with Gasteiger partial charge in [-0.1, -0.05) is 121 Å². The fraction of sp³-hybridized carbons (Fsp3) is 0. The lowest BCUT2D eigenvalue weighted by atomic mass is 10.1. The zero-order valence-corrected chi connectivity index (χ0v) is 31.4. The van der Waals surface area contributed by atoms with E-state index in [-0.39, 0.29) is 0 Å². The largest absolute Gasteiger partial charge is 0.306 e. The Morgan fingerprint density at radius 2 is 0.907 bits per heavy atom. The maximum atomic E-state index is 2.53. The topological polar surface area (TPSA) is 13.1 Å². The molecule has 0 bridgehead atoms. The van der Waals surface area contributed by atoms with Crippen molar-refractivity contribution in [2.75, 3.05) is 4.90 Å². The zero-order valence-electron chi connectivity index (χ0n) is 29.0. The van der Waals surface area contributed by atoms with Crippen LogP contribution < -0.4 is 4.90 Å². The van der Waals surface area contributed by atoms with Gasteiger partial charge in [-0.2, -0.15) is 0 Å². The maximum Gasteiger partial charge on any atom is 0.103 e. The van der Waals surface area contributed by atoms with Crippen molar-refractivity contribution < 1.29 is 0 Å². The zero-order chi connectivity index (χ0) is 35.6. The highest BCUT2D eigenvalue weighted by atomic mass is 32.1. The van der Waals surface area contributed by atoms with Crippen LogP contribution in [0, 0.1) is 0 Å². The van der Waals surface area contributed by atoms with Gasteiger partial charge in [0, 0.05) is 22.7 Å². The summed E-state index contributed by atoms with van der Waals surface area (Å²) in [6.45, 7) is 0. The van der Waals surface area contributed by atoms with Gasteiger partial charge >= 0.3 is 0 Å². The van der Waals surface area contributed by atoms with Gasteiger partial charge in [0.15, 0.2) is 0 Å². The Labute approximate surface area is 324 Å². The van der Waals surface area contributed by atoms with Crippen LogP contribution >= 0.6 is 34.0 Å². The predicted molar refractivity (Wildman–Crippen MR) is 234 cm³/mol. The van der Waals surface area contributed by atoms with Gasteiger partial charge in [0.2, 0.25) is 0 Å². The standard InChI is InChI=1S/C48H31N3S3/c1-5-14-32(15-6-1)34-24-26-38(27-25-34)50-40-28-29-52-45(40)47-43(50)44-48(54-47)46-41(51(44)39-23-13-18-35(30-39)33-16-7-2-8-17-33)31-42(53-46)49(36-19-9-3-10-20-36)37-21-11-4-12-22-37/h1-31H. The van der Waals surface area contributed by atoms with E-state index in [4.69, 9.17) is 0 Å². The Bertz CT molecular complexity index is 3040. The van der Waals surface area contributed by atoms with Crippen LogP contribution in [-0.2, 0) is 0 Å². The molecule has 0 fully saturated rings. The van der Waals surface area contributed by atoms with E-state index in [0.29, 0.717) is 0 Å². The van der Waals surface area contributed by atoms with E-state index < -0.39 is 0 Å². The predicted octanol–water partition coefficient (Wildman–Crippen LogP) is 14.9. The highest BCUT2D eigenvalue weighted by Gasteiger charge is 2.27. The maximum absolute atomic E-state index is 2.53. The molecule has 11 aromatic rings. The first kappa shape index (κ1) is 31.4. The lowest BCUT2D eigenvalue weighted by molar-refractivity contribution is 1.15. The Balaban J connectivity index is 1.20. The number of thiophene rings is 3. The molecule has 6 aromatic carbocycles. The van der Waals surface area contributed by atoms with Crippen LogP contribution in [0.15, 0.2) is 187 Å². The van der Waals surface area contributed by atoms with E-state index in [1.54, 1.807) is 0 Å². The van der Waals surface area contributed by atoms with Crippen LogP contribution in [0.5, 0.6) is 0 Å². The number of anilines is 3. The van der Waals surface area contributed by atoms with Gasteiger partial charge in [-0.25, -0.2) is 0 Å².